The zero-order valence-corrected chi connectivity index (χ0v) is 13.0. The molecule has 7 nitrogen and oxygen atoms in total. The maximum Gasteiger partial charge on any atom is 0.256 e. The second-order valence-corrected chi connectivity index (χ2v) is 5.53. The number of hydrogen-bond acceptors (Lipinski definition) is 5. The standard InChI is InChI=1S/C16H21N5O2/c1-3-8-19-15(22)11(9-17)14(18)21-12-5-4-10-6-7-16(2,23)13(10)20-12/h3-5,9,23H,1,6-8,17H2,2H3,(H,19,22)(H2,18,20,21)/b11-9+. The number of amidine groups is 1. The highest BCUT2D eigenvalue weighted by Crippen LogP contribution is 2.35. The molecule has 1 amide bonds. The first kappa shape index (κ1) is 16.7. The predicted octanol–water partition coefficient (Wildman–Crippen LogP) is 0.369. The van der Waals surface area contributed by atoms with Gasteiger partial charge in [0.2, 0.25) is 0 Å². The minimum absolute atomic E-state index is 0.0425. The van der Waals surface area contributed by atoms with E-state index in [0.717, 1.165) is 18.2 Å². The van der Waals surface area contributed by atoms with Crippen LogP contribution in [0.3, 0.4) is 0 Å². The molecule has 6 N–H and O–H groups in total. The summed E-state index contributed by atoms with van der Waals surface area (Å²) in [6.07, 6.45) is 4.03. The molecule has 0 saturated heterocycles. The Morgan fingerprint density at radius 1 is 1.61 bits per heavy atom. The second kappa shape index (κ2) is 6.62. The number of nitrogens with zero attached hydrogens (tertiary/aromatic N) is 2. The quantitative estimate of drug-likeness (QED) is 0.270. The van der Waals surface area contributed by atoms with Crippen molar-refractivity contribution >= 4 is 17.6 Å². The van der Waals surface area contributed by atoms with Crippen molar-refractivity contribution in [3.8, 4) is 0 Å². The van der Waals surface area contributed by atoms with E-state index in [2.05, 4.69) is 21.9 Å². The number of nitrogens with one attached hydrogen (secondary N) is 1. The molecule has 122 valence electrons. The molecular weight excluding hydrogens is 294 g/mol. The maximum atomic E-state index is 11.9. The molecule has 0 bridgehead atoms. The van der Waals surface area contributed by atoms with Gasteiger partial charge >= 0.3 is 0 Å². The third-order valence-corrected chi connectivity index (χ3v) is 3.68. The van der Waals surface area contributed by atoms with E-state index >= 15 is 0 Å². The summed E-state index contributed by atoms with van der Waals surface area (Å²) < 4.78 is 0. The summed E-state index contributed by atoms with van der Waals surface area (Å²) in [4.78, 5) is 20.4. The molecule has 1 aliphatic carbocycles. The van der Waals surface area contributed by atoms with Gasteiger partial charge in [-0.25, -0.2) is 9.98 Å². The Labute approximate surface area is 134 Å². The molecule has 1 unspecified atom stereocenters. The van der Waals surface area contributed by atoms with Crippen LogP contribution in [0.25, 0.3) is 0 Å². The predicted molar refractivity (Wildman–Crippen MR) is 88.9 cm³/mol. The zero-order chi connectivity index (χ0) is 17.0. The van der Waals surface area contributed by atoms with Crippen molar-refractivity contribution in [1.29, 1.82) is 0 Å². The monoisotopic (exact) mass is 315 g/mol. The van der Waals surface area contributed by atoms with Gasteiger partial charge in [0.15, 0.2) is 5.82 Å². The number of nitrogens with two attached hydrogens (primary N) is 2. The lowest BCUT2D eigenvalue weighted by molar-refractivity contribution is -0.116. The SMILES string of the molecule is C=CCNC(=O)/C(=C/N)C(N)=Nc1ccc2c(n1)C(C)(O)CC2. The van der Waals surface area contributed by atoms with Crippen LogP contribution in [0.1, 0.15) is 24.6 Å². The normalized spacial score (nSPS) is 21.0. The molecule has 1 atom stereocenters. The molecule has 0 aromatic carbocycles. The summed E-state index contributed by atoms with van der Waals surface area (Å²) in [5.41, 5.74) is 12.0. The molecule has 23 heavy (non-hydrogen) atoms. The average molecular weight is 315 g/mol. The van der Waals surface area contributed by atoms with Crippen molar-refractivity contribution in [2.75, 3.05) is 6.54 Å². The van der Waals surface area contributed by atoms with Crippen LogP contribution in [-0.4, -0.2) is 28.4 Å². The van der Waals surface area contributed by atoms with E-state index in [1.165, 1.54) is 0 Å². The number of rotatable bonds is 5. The zero-order valence-electron chi connectivity index (χ0n) is 13.0. The van der Waals surface area contributed by atoms with Gasteiger partial charge in [-0.3, -0.25) is 4.79 Å². The van der Waals surface area contributed by atoms with E-state index in [-0.39, 0.29) is 11.4 Å². The lowest BCUT2D eigenvalue weighted by atomic mass is 10.0. The van der Waals surface area contributed by atoms with E-state index in [1.807, 2.05) is 6.07 Å². The summed E-state index contributed by atoms with van der Waals surface area (Å²) in [5, 5.41) is 12.9. The van der Waals surface area contributed by atoms with Crippen LogP contribution in [0, 0.1) is 0 Å². The minimum atomic E-state index is -0.969. The molecule has 0 aliphatic heterocycles. The Bertz CT molecular complexity index is 692. The summed E-state index contributed by atoms with van der Waals surface area (Å²) >= 11 is 0. The lowest BCUT2D eigenvalue weighted by Crippen LogP contribution is -2.32. The van der Waals surface area contributed by atoms with Gasteiger partial charge in [-0.1, -0.05) is 12.1 Å². The number of amides is 1. The van der Waals surface area contributed by atoms with Gasteiger partial charge in [0, 0.05) is 12.7 Å². The fraction of sp³-hybridized carbons (Fsp3) is 0.312. The molecule has 7 heteroatoms. The minimum Gasteiger partial charge on any atom is -0.404 e. The number of aromatic nitrogens is 1. The average Bonchev–Trinajstić information content (AvgIpc) is 2.81. The molecule has 2 rings (SSSR count). The van der Waals surface area contributed by atoms with Crippen LogP contribution in [0.5, 0.6) is 0 Å². The number of carbonyl (C=O) groups is 1. The first-order chi connectivity index (χ1) is 10.9. The van der Waals surface area contributed by atoms with Crippen molar-refractivity contribution in [2.24, 2.45) is 16.5 Å². The Kier molecular flexibility index (Phi) is 4.80. The fourth-order valence-electron chi connectivity index (χ4n) is 2.43. The summed E-state index contributed by atoms with van der Waals surface area (Å²) in [7, 11) is 0. The molecule has 0 spiro atoms. The second-order valence-electron chi connectivity index (χ2n) is 5.53. The van der Waals surface area contributed by atoms with Gasteiger partial charge in [-0.15, -0.1) is 6.58 Å². The number of aliphatic imine (C=N–C) groups is 1. The molecule has 1 aromatic rings. The van der Waals surface area contributed by atoms with Crippen molar-refractivity contribution in [3.63, 3.8) is 0 Å². The Morgan fingerprint density at radius 3 is 3.00 bits per heavy atom. The van der Waals surface area contributed by atoms with Crippen LogP contribution in [-0.2, 0) is 16.8 Å². The number of carbonyl (C=O) groups excluding carboxylic acids is 1. The highest BCUT2D eigenvalue weighted by Gasteiger charge is 2.33. The van der Waals surface area contributed by atoms with Crippen molar-refractivity contribution in [2.45, 2.75) is 25.4 Å². The van der Waals surface area contributed by atoms with Crippen LogP contribution < -0.4 is 16.8 Å². The maximum absolute atomic E-state index is 11.9. The Hall–Kier alpha value is -2.67. The van der Waals surface area contributed by atoms with Crippen LogP contribution in [0.2, 0.25) is 0 Å². The van der Waals surface area contributed by atoms with E-state index in [9.17, 15) is 9.90 Å². The number of aryl methyl sites for hydroxylation is 1. The number of hydrogen-bond donors (Lipinski definition) is 4. The molecule has 0 radical (unpaired) electrons. The smallest absolute Gasteiger partial charge is 0.256 e. The van der Waals surface area contributed by atoms with Crippen LogP contribution >= 0.6 is 0 Å². The lowest BCUT2D eigenvalue weighted by Gasteiger charge is -2.16. The molecule has 1 heterocycles. The van der Waals surface area contributed by atoms with E-state index in [4.69, 9.17) is 11.5 Å². The highest BCUT2D eigenvalue weighted by atomic mass is 16.3. The van der Waals surface area contributed by atoms with Crippen molar-refractivity contribution in [1.82, 2.24) is 10.3 Å². The third-order valence-electron chi connectivity index (χ3n) is 3.68. The molecule has 0 fully saturated rings. The molecule has 1 aliphatic rings. The first-order valence-corrected chi connectivity index (χ1v) is 7.27. The van der Waals surface area contributed by atoms with Gasteiger partial charge in [0.25, 0.3) is 5.91 Å². The van der Waals surface area contributed by atoms with E-state index < -0.39 is 11.5 Å². The van der Waals surface area contributed by atoms with Crippen molar-refractivity contribution in [3.05, 3.63) is 47.8 Å². The summed E-state index contributed by atoms with van der Waals surface area (Å²) in [6.45, 7) is 5.53. The summed E-state index contributed by atoms with van der Waals surface area (Å²) in [5.74, 6) is -0.166. The Morgan fingerprint density at radius 2 is 2.35 bits per heavy atom. The highest BCUT2D eigenvalue weighted by molar-refractivity contribution is 6.20. The number of pyridine rings is 1. The van der Waals surface area contributed by atoms with Gasteiger partial charge < -0.3 is 21.9 Å². The largest absolute Gasteiger partial charge is 0.404 e. The van der Waals surface area contributed by atoms with Gasteiger partial charge in [0.1, 0.15) is 11.4 Å². The fourth-order valence-corrected chi connectivity index (χ4v) is 2.43. The van der Waals surface area contributed by atoms with E-state index in [1.54, 1.807) is 19.1 Å². The van der Waals surface area contributed by atoms with Gasteiger partial charge in [0.05, 0.1) is 11.3 Å². The van der Waals surface area contributed by atoms with Gasteiger partial charge in [-0.05, 0) is 31.4 Å². The number of aliphatic hydroxyl groups is 1. The van der Waals surface area contributed by atoms with Crippen molar-refractivity contribution < 1.29 is 9.90 Å². The van der Waals surface area contributed by atoms with Crippen LogP contribution in [0.15, 0.2) is 41.6 Å². The van der Waals surface area contributed by atoms with Crippen LogP contribution in [0.4, 0.5) is 5.82 Å². The Balaban J connectivity index is 2.27. The topological polar surface area (TPSA) is 127 Å². The van der Waals surface area contributed by atoms with Gasteiger partial charge in [-0.2, -0.15) is 0 Å². The molecular formula is C16H21N5O2. The first-order valence-electron chi connectivity index (χ1n) is 7.27. The molecule has 1 aromatic heterocycles. The molecule has 0 saturated carbocycles. The van der Waals surface area contributed by atoms with E-state index in [0.29, 0.717) is 24.5 Å². The third kappa shape index (κ3) is 3.57. The summed E-state index contributed by atoms with van der Waals surface area (Å²) in [6, 6.07) is 3.56. The number of fused-ring (bicyclic) bond motifs is 1.